The minimum Gasteiger partial charge on any atom is -0.386 e. The summed E-state index contributed by atoms with van der Waals surface area (Å²) in [4.78, 5) is 23.5. The number of nitrogens with one attached hydrogen (secondary N) is 1. The monoisotopic (exact) mass is 393 g/mol. The first-order chi connectivity index (χ1) is 14.0. The molecule has 2 aromatic heterocycles. The van der Waals surface area contributed by atoms with Crippen LogP contribution in [0.1, 0.15) is 43.1 Å². The second-order valence-electron chi connectivity index (χ2n) is 8.07. The van der Waals surface area contributed by atoms with Crippen molar-refractivity contribution >= 4 is 22.8 Å². The van der Waals surface area contributed by atoms with Crippen molar-refractivity contribution in [2.75, 3.05) is 24.5 Å². The molecule has 1 aliphatic rings. The first-order valence-electron chi connectivity index (χ1n) is 10.1. The lowest BCUT2D eigenvalue weighted by atomic mass is 9.92. The van der Waals surface area contributed by atoms with Gasteiger partial charge in [-0.1, -0.05) is 6.07 Å². The van der Waals surface area contributed by atoms with Crippen LogP contribution in [-0.2, 0) is 0 Å². The standard InChI is InChI=1S/C22H27N5O2/c1-16(2)27-15-25-18-12-17(7-8-19(18)27)21(28)24-13-22(29)9-5-11-26(14-22)20-6-3-4-10-23-20/h3-4,6-8,10,12,15-16,29H,5,9,11,13-14H2,1-2H3,(H,24,28). The van der Waals surface area contributed by atoms with E-state index in [0.29, 0.717) is 24.6 Å². The van der Waals surface area contributed by atoms with Crippen LogP contribution in [0.3, 0.4) is 0 Å². The van der Waals surface area contributed by atoms with Crippen LogP contribution in [0.2, 0.25) is 0 Å². The number of carbonyl (C=O) groups is 1. The first kappa shape index (κ1) is 19.4. The van der Waals surface area contributed by atoms with E-state index in [0.717, 1.165) is 29.8 Å². The molecule has 0 aliphatic carbocycles. The van der Waals surface area contributed by atoms with Gasteiger partial charge in [0.2, 0.25) is 0 Å². The molecule has 7 nitrogen and oxygen atoms in total. The Morgan fingerprint density at radius 3 is 2.90 bits per heavy atom. The maximum atomic E-state index is 12.7. The quantitative estimate of drug-likeness (QED) is 0.696. The van der Waals surface area contributed by atoms with E-state index in [9.17, 15) is 9.90 Å². The molecule has 1 unspecified atom stereocenters. The average molecular weight is 393 g/mol. The van der Waals surface area contributed by atoms with E-state index in [4.69, 9.17) is 0 Å². The summed E-state index contributed by atoms with van der Waals surface area (Å²) in [5.41, 5.74) is 1.37. The first-order valence-corrected chi connectivity index (χ1v) is 10.1. The number of β-amino-alcohol motifs (C(OH)–C–C–N with tert-alkyl or cyclic N) is 1. The van der Waals surface area contributed by atoms with Gasteiger partial charge in [-0.3, -0.25) is 4.79 Å². The van der Waals surface area contributed by atoms with Crippen molar-refractivity contribution in [2.45, 2.75) is 38.3 Å². The molecule has 1 saturated heterocycles. The van der Waals surface area contributed by atoms with Gasteiger partial charge in [0.25, 0.3) is 5.91 Å². The summed E-state index contributed by atoms with van der Waals surface area (Å²) in [6, 6.07) is 11.6. The smallest absolute Gasteiger partial charge is 0.251 e. The second-order valence-corrected chi connectivity index (χ2v) is 8.07. The van der Waals surface area contributed by atoms with E-state index in [2.05, 4.69) is 38.6 Å². The fourth-order valence-electron chi connectivity index (χ4n) is 3.92. The molecule has 29 heavy (non-hydrogen) atoms. The van der Waals surface area contributed by atoms with E-state index in [1.54, 1.807) is 18.6 Å². The molecule has 2 N–H and O–H groups in total. The maximum absolute atomic E-state index is 12.7. The number of piperidine rings is 1. The number of anilines is 1. The molecule has 1 atom stereocenters. The normalized spacial score (nSPS) is 19.7. The van der Waals surface area contributed by atoms with Crippen LogP contribution in [0.5, 0.6) is 0 Å². The highest BCUT2D eigenvalue weighted by Gasteiger charge is 2.34. The lowest BCUT2D eigenvalue weighted by Crippen LogP contribution is -2.54. The molecule has 0 saturated carbocycles. The van der Waals surface area contributed by atoms with Gasteiger partial charge in [-0.05, 0) is 57.0 Å². The highest BCUT2D eigenvalue weighted by molar-refractivity contribution is 5.97. The number of hydrogen-bond donors (Lipinski definition) is 2. The fraction of sp³-hybridized carbons (Fsp3) is 0.409. The molecule has 3 aromatic rings. The van der Waals surface area contributed by atoms with Crippen LogP contribution in [0.4, 0.5) is 5.82 Å². The molecule has 7 heteroatoms. The number of aliphatic hydroxyl groups is 1. The lowest BCUT2D eigenvalue weighted by Gasteiger charge is -2.39. The minimum atomic E-state index is -0.977. The van der Waals surface area contributed by atoms with E-state index in [1.165, 1.54) is 0 Å². The summed E-state index contributed by atoms with van der Waals surface area (Å²) < 4.78 is 2.08. The molecular formula is C22H27N5O2. The Hall–Kier alpha value is -2.93. The Bertz CT molecular complexity index is 1000. The van der Waals surface area contributed by atoms with Crippen LogP contribution in [-0.4, -0.2) is 50.8 Å². The van der Waals surface area contributed by atoms with Crippen LogP contribution in [0.15, 0.2) is 48.9 Å². The number of pyridine rings is 1. The summed E-state index contributed by atoms with van der Waals surface area (Å²) in [5.74, 6) is 0.650. The van der Waals surface area contributed by atoms with Gasteiger partial charge in [0.05, 0.1) is 23.0 Å². The molecule has 0 radical (unpaired) electrons. The van der Waals surface area contributed by atoms with Crippen molar-refractivity contribution in [2.24, 2.45) is 0 Å². The molecule has 1 fully saturated rings. The van der Waals surface area contributed by atoms with Gasteiger partial charge in [0, 0.05) is 37.4 Å². The van der Waals surface area contributed by atoms with Crippen molar-refractivity contribution in [3.63, 3.8) is 0 Å². The van der Waals surface area contributed by atoms with Gasteiger partial charge in [-0.2, -0.15) is 0 Å². The van der Waals surface area contributed by atoms with Crippen LogP contribution < -0.4 is 10.2 Å². The topological polar surface area (TPSA) is 83.3 Å². The number of nitrogens with zero attached hydrogens (tertiary/aromatic N) is 4. The zero-order chi connectivity index (χ0) is 20.4. The van der Waals surface area contributed by atoms with Gasteiger partial charge in [-0.15, -0.1) is 0 Å². The fourth-order valence-corrected chi connectivity index (χ4v) is 3.92. The van der Waals surface area contributed by atoms with Crippen molar-refractivity contribution in [3.05, 3.63) is 54.5 Å². The Kier molecular flexibility index (Phi) is 5.24. The number of benzene rings is 1. The molecule has 1 aromatic carbocycles. The molecule has 152 valence electrons. The Morgan fingerprint density at radius 1 is 1.28 bits per heavy atom. The number of amides is 1. The van der Waals surface area contributed by atoms with Crippen molar-refractivity contribution < 1.29 is 9.90 Å². The average Bonchev–Trinajstić information content (AvgIpc) is 3.16. The van der Waals surface area contributed by atoms with Crippen LogP contribution in [0, 0.1) is 0 Å². The molecular weight excluding hydrogens is 366 g/mol. The minimum absolute atomic E-state index is 0.200. The van der Waals surface area contributed by atoms with Crippen LogP contribution >= 0.6 is 0 Å². The van der Waals surface area contributed by atoms with Crippen LogP contribution in [0.25, 0.3) is 11.0 Å². The molecule has 3 heterocycles. The number of fused-ring (bicyclic) bond motifs is 1. The third-order valence-corrected chi connectivity index (χ3v) is 5.50. The SMILES string of the molecule is CC(C)n1cnc2cc(C(=O)NCC3(O)CCCN(c4ccccn4)C3)ccc21. The summed E-state index contributed by atoms with van der Waals surface area (Å²) in [6.07, 6.45) is 5.05. The zero-order valence-electron chi connectivity index (χ0n) is 16.9. The number of rotatable bonds is 5. The van der Waals surface area contributed by atoms with E-state index < -0.39 is 5.60 Å². The van der Waals surface area contributed by atoms with Gasteiger partial charge < -0.3 is 19.9 Å². The van der Waals surface area contributed by atoms with Gasteiger partial charge in [-0.25, -0.2) is 9.97 Å². The lowest BCUT2D eigenvalue weighted by molar-refractivity contribution is 0.0254. The third kappa shape index (κ3) is 4.10. The summed E-state index contributed by atoms with van der Waals surface area (Å²) in [6.45, 7) is 5.69. The van der Waals surface area contributed by atoms with E-state index in [1.807, 2.05) is 30.3 Å². The molecule has 0 spiro atoms. The Labute approximate surface area is 170 Å². The highest BCUT2D eigenvalue weighted by Crippen LogP contribution is 2.24. The maximum Gasteiger partial charge on any atom is 0.251 e. The number of imidazole rings is 1. The van der Waals surface area contributed by atoms with Crippen molar-refractivity contribution in [3.8, 4) is 0 Å². The second kappa shape index (κ2) is 7.83. The summed E-state index contributed by atoms with van der Waals surface area (Å²) >= 11 is 0. The number of hydrogen-bond acceptors (Lipinski definition) is 5. The summed E-state index contributed by atoms with van der Waals surface area (Å²) in [5, 5.41) is 13.9. The largest absolute Gasteiger partial charge is 0.386 e. The number of carbonyl (C=O) groups excluding carboxylic acids is 1. The molecule has 1 amide bonds. The third-order valence-electron chi connectivity index (χ3n) is 5.50. The highest BCUT2D eigenvalue weighted by atomic mass is 16.3. The predicted molar refractivity (Wildman–Crippen MR) is 113 cm³/mol. The number of aromatic nitrogens is 3. The van der Waals surface area contributed by atoms with E-state index >= 15 is 0 Å². The van der Waals surface area contributed by atoms with Crippen molar-refractivity contribution in [1.29, 1.82) is 0 Å². The molecule has 4 rings (SSSR count). The van der Waals surface area contributed by atoms with Gasteiger partial charge in [0.1, 0.15) is 5.82 Å². The van der Waals surface area contributed by atoms with Gasteiger partial charge >= 0.3 is 0 Å². The van der Waals surface area contributed by atoms with Gasteiger partial charge in [0.15, 0.2) is 0 Å². The predicted octanol–water partition coefficient (Wildman–Crippen LogP) is 2.77. The molecule has 1 aliphatic heterocycles. The van der Waals surface area contributed by atoms with Crippen molar-refractivity contribution in [1.82, 2.24) is 19.9 Å². The molecule has 0 bridgehead atoms. The Morgan fingerprint density at radius 2 is 2.14 bits per heavy atom. The summed E-state index contributed by atoms with van der Waals surface area (Å²) in [7, 11) is 0. The van der Waals surface area contributed by atoms with E-state index in [-0.39, 0.29) is 12.5 Å². The Balaban J connectivity index is 1.42. The zero-order valence-corrected chi connectivity index (χ0v) is 16.9.